The number of methoxy groups -OCH3 is 2. The molecule has 0 atom stereocenters. The molecule has 0 unspecified atom stereocenters. The Morgan fingerprint density at radius 1 is 0.879 bits per heavy atom. The van der Waals surface area contributed by atoms with E-state index in [2.05, 4.69) is 10.3 Å². The van der Waals surface area contributed by atoms with Gasteiger partial charge in [-0.05, 0) is 48.0 Å². The molecule has 4 aromatic rings. The highest BCUT2D eigenvalue weighted by Gasteiger charge is 2.13. The van der Waals surface area contributed by atoms with Crippen LogP contribution in [0.1, 0.15) is 26.3 Å². The van der Waals surface area contributed by atoms with E-state index in [0.29, 0.717) is 28.3 Å². The maximum Gasteiger partial charge on any atom is 0.257 e. The van der Waals surface area contributed by atoms with Gasteiger partial charge in [0.05, 0.1) is 31.0 Å². The fourth-order valence-corrected chi connectivity index (χ4v) is 3.41. The standard InChI is InChI=1S/C27H22N2O4/c1-32-25-14-12-18(15-26(25)33-2)11-13-24(30)21-8-4-6-10-23(21)29-27(31)20-16-19-7-3-5-9-22(19)28-17-20/h3-17H,1-2H3,(H,29,31)/b13-11+. The van der Waals surface area contributed by atoms with Gasteiger partial charge in [-0.2, -0.15) is 0 Å². The van der Waals surface area contributed by atoms with Crippen LogP contribution in [0.25, 0.3) is 17.0 Å². The highest BCUT2D eigenvalue weighted by Crippen LogP contribution is 2.28. The average Bonchev–Trinajstić information content (AvgIpc) is 2.87. The fraction of sp³-hybridized carbons (Fsp3) is 0.0741. The summed E-state index contributed by atoms with van der Waals surface area (Å²) in [4.78, 5) is 30.1. The maximum atomic E-state index is 12.9. The average molecular weight is 438 g/mol. The molecule has 0 radical (unpaired) electrons. The number of fused-ring (bicyclic) bond motifs is 1. The summed E-state index contributed by atoms with van der Waals surface area (Å²) in [6.07, 6.45) is 4.68. The van der Waals surface area contributed by atoms with Gasteiger partial charge in [0.25, 0.3) is 5.91 Å². The van der Waals surface area contributed by atoms with Gasteiger partial charge in [-0.3, -0.25) is 14.6 Å². The van der Waals surface area contributed by atoms with E-state index in [4.69, 9.17) is 9.47 Å². The van der Waals surface area contributed by atoms with Crippen LogP contribution in [0.4, 0.5) is 5.69 Å². The van der Waals surface area contributed by atoms with Gasteiger partial charge < -0.3 is 14.8 Å². The number of nitrogens with zero attached hydrogens (tertiary/aromatic N) is 1. The predicted octanol–water partition coefficient (Wildman–Crippen LogP) is 5.40. The summed E-state index contributed by atoms with van der Waals surface area (Å²) in [5.74, 6) is 0.607. The number of anilines is 1. The van der Waals surface area contributed by atoms with Gasteiger partial charge in [-0.25, -0.2) is 0 Å². The first-order valence-electron chi connectivity index (χ1n) is 10.3. The molecule has 0 spiro atoms. The lowest BCUT2D eigenvalue weighted by Gasteiger charge is -2.10. The van der Waals surface area contributed by atoms with Crippen molar-refractivity contribution in [2.45, 2.75) is 0 Å². The van der Waals surface area contributed by atoms with Crippen molar-refractivity contribution >= 4 is 34.4 Å². The Kier molecular flexibility index (Phi) is 6.45. The molecule has 0 aliphatic rings. The van der Waals surface area contributed by atoms with E-state index in [0.717, 1.165) is 16.5 Å². The Morgan fingerprint density at radius 3 is 2.45 bits per heavy atom. The molecule has 0 fully saturated rings. The number of rotatable bonds is 7. The Balaban J connectivity index is 1.54. The first-order chi connectivity index (χ1) is 16.1. The molecule has 1 N–H and O–H groups in total. The molecule has 1 amide bonds. The second-order valence-corrected chi connectivity index (χ2v) is 7.23. The SMILES string of the molecule is COc1ccc(/C=C/C(=O)c2ccccc2NC(=O)c2cnc3ccccc3c2)cc1OC. The summed E-state index contributed by atoms with van der Waals surface area (Å²) in [5.41, 5.74) is 2.82. The Hall–Kier alpha value is -4.45. The van der Waals surface area contributed by atoms with Crippen molar-refractivity contribution in [2.24, 2.45) is 0 Å². The number of ketones is 1. The second-order valence-electron chi connectivity index (χ2n) is 7.23. The monoisotopic (exact) mass is 438 g/mol. The van der Waals surface area contributed by atoms with Crippen molar-refractivity contribution in [1.29, 1.82) is 0 Å². The van der Waals surface area contributed by atoms with Gasteiger partial charge in [0, 0.05) is 17.1 Å². The lowest BCUT2D eigenvalue weighted by Crippen LogP contribution is -2.14. The van der Waals surface area contributed by atoms with Crippen LogP contribution < -0.4 is 14.8 Å². The largest absolute Gasteiger partial charge is 0.493 e. The first-order valence-corrected chi connectivity index (χ1v) is 10.3. The number of carbonyl (C=O) groups excluding carboxylic acids is 2. The zero-order valence-electron chi connectivity index (χ0n) is 18.2. The molecule has 1 heterocycles. The van der Waals surface area contributed by atoms with E-state index in [-0.39, 0.29) is 11.7 Å². The summed E-state index contributed by atoms with van der Waals surface area (Å²) in [6.45, 7) is 0. The third kappa shape index (κ3) is 4.91. The third-order valence-corrected chi connectivity index (χ3v) is 5.13. The highest BCUT2D eigenvalue weighted by molar-refractivity contribution is 6.14. The van der Waals surface area contributed by atoms with Crippen LogP contribution in [0.3, 0.4) is 0 Å². The number of carbonyl (C=O) groups is 2. The van der Waals surface area contributed by atoms with E-state index in [1.54, 1.807) is 62.8 Å². The minimum atomic E-state index is -0.336. The summed E-state index contributed by atoms with van der Waals surface area (Å²) in [5, 5.41) is 3.70. The van der Waals surface area contributed by atoms with E-state index >= 15 is 0 Å². The minimum Gasteiger partial charge on any atom is -0.493 e. The van der Waals surface area contributed by atoms with Crippen molar-refractivity contribution in [1.82, 2.24) is 4.98 Å². The number of pyridine rings is 1. The van der Waals surface area contributed by atoms with Crippen LogP contribution in [0.2, 0.25) is 0 Å². The number of ether oxygens (including phenoxy) is 2. The molecule has 6 nitrogen and oxygen atoms in total. The molecule has 0 saturated heterocycles. The van der Waals surface area contributed by atoms with E-state index < -0.39 is 0 Å². The highest BCUT2D eigenvalue weighted by atomic mass is 16.5. The fourth-order valence-electron chi connectivity index (χ4n) is 3.41. The van der Waals surface area contributed by atoms with Gasteiger partial charge in [0.15, 0.2) is 17.3 Å². The van der Waals surface area contributed by atoms with Gasteiger partial charge in [-0.1, -0.05) is 42.5 Å². The quantitative estimate of drug-likeness (QED) is 0.309. The number of para-hydroxylation sites is 2. The number of nitrogens with one attached hydrogen (secondary N) is 1. The molecule has 0 aliphatic carbocycles. The molecule has 6 heteroatoms. The van der Waals surface area contributed by atoms with Crippen molar-refractivity contribution in [3.63, 3.8) is 0 Å². The second kappa shape index (κ2) is 9.78. The van der Waals surface area contributed by atoms with Crippen LogP contribution in [-0.4, -0.2) is 30.9 Å². The van der Waals surface area contributed by atoms with Crippen molar-refractivity contribution in [3.8, 4) is 11.5 Å². The van der Waals surface area contributed by atoms with Crippen molar-refractivity contribution in [2.75, 3.05) is 19.5 Å². The number of aromatic nitrogens is 1. The zero-order chi connectivity index (χ0) is 23.2. The van der Waals surface area contributed by atoms with Crippen LogP contribution in [0, 0.1) is 0 Å². The first kappa shape index (κ1) is 21.8. The Labute approximate surface area is 191 Å². The number of benzene rings is 3. The Morgan fingerprint density at radius 2 is 1.64 bits per heavy atom. The van der Waals surface area contributed by atoms with E-state index in [1.807, 2.05) is 30.3 Å². The summed E-state index contributed by atoms with van der Waals surface area (Å²) in [6, 6.07) is 21.6. The van der Waals surface area contributed by atoms with Gasteiger partial charge in [-0.15, -0.1) is 0 Å². The van der Waals surface area contributed by atoms with Crippen molar-refractivity contribution in [3.05, 3.63) is 102 Å². The summed E-state index contributed by atoms with van der Waals surface area (Å²) >= 11 is 0. The molecule has 0 saturated carbocycles. The topological polar surface area (TPSA) is 77.5 Å². The van der Waals surface area contributed by atoms with Crippen LogP contribution in [0.5, 0.6) is 11.5 Å². The van der Waals surface area contributed by atoms with Crippen LogP contribution >= 0.6 is 0 Å². The summed E-state index contributed by atoms with van der Waals surface area (Å²) in [7, 11) is 3.12. The molecule has 0 aliphatic heterocycles. The molecular formula is C27H22N2O4. The molecular weight excluding hydrogens is 416 g/mol. The third-order valence-electron chi connectivity index (χ3n) is 5.13. The maximum absolute atomic E-state index is 12.9. The predicted molar refractivity (Wildman–Crippen MR) is 129 cm³/mol. The van der Waals surface area contributed by atoms with Gasteiger partial charge in [0.2, 0.25) is 0 Å². The molecule has 3 aromatic carbocycles. The molecule has 33 heavy (non-hydrogen) atoms. The smallest absolute Gasteiger partial charge is 0.257 e. The number of hydrogen-bond acceptors (Lipinski definition) is 5. The van der Waals surface area contributed by atoms with Crippen molar-refractivity contribution < 1.29 is 19.1 Å². The van der Waals surface area contributed by atoms with Crippen LogP contribution in [-0.2, 0) is 0 Å². The van der Waals surface area contributed by atoms with Gasteiger partial charge >= 0.3 is 0 Å². The zero-order valence-corrected chi connectivity index (χ0v) is 18.2. The molecule has 1 aromatic heterocycles. The van der Waals surface area contributed by atoms with Crippen LogP contribution in [0.15, 0.2) is 85.1 Å². The minimum absolute atomic E-state index is 0.239. The lowest BCUT2D eigenvalue weighted by molar-refractivity contribution is 0.102. The molecule has 164 valence electrons. The number of allylic oxidation sites excluding steroid dienone is 1. The molecule has 4 rings (SSSR count). The number of amides is 1. The lowest BCUT2D eigenvalue weighted by atomic mass is 10.1. The molecule has 0 bridgehead atoms. The summed E-state index contributed by atoms with van der Waals surface area (Å²) < 4.78 is 10.5. The Bertz CT molecular complexity index is 1360. The van der Waals surface area contributed by atoms with E-state index in [9.17, 15) is 9.59 Å². The number of hydrogen-bond donors (Lipinski definition) is 1. The normalized spacial score (nSPS) is 10.8. The van der Waals surface area contributed by atoms with Gasteiger partial charge in [0.1, 0.15) is 0 Å². The van der Waals surface area contributed by atoms with E-state index in [1.165, 1.54) is 12.3 Å².